The zero-order chi connectivity index (χ0) is 18.2. The van der Waals surface area contributed by atoms with E-state index in [9.17, 15) is 14.4 Å². The van der Waals surface area contributed by atoms with Gasteiger partial charge in [-0.1, -0.05) is 12.8 Å². The molecule has 1 heterocycles. The molecule has 1 unspecified atom stereocenters. The number of hydrogen-bond acceptors (Lipinski definition) is 5. The lowest BCUT2D eigenvalue weighted by Gasteiger charge is -2.20. The van der Waals surface area contributed by atoms with Crippen LogP contribution in [0.4, 0.5) is 0 Å². The van der Waals surface area contributed by atoms with Gasteiger partial charge in [-0.05, 0) is 45.6 Å². The maximum absolute atomic E-state index is 12.7. The van der Waals surface area contributed by atoms with Gasteiger partial charge in [-0.3, -0.25) is 19.0 Å². The predicted molar refractivity (Wildman–Crippen MR) is 95.0 cm³/mol. The van der Waals surface area contributed by atoms with E-state index in [2.05, 4.69) is 10.3 Å². The fourth-order valence-corrected chi connectivity index (χ4v) is 3.23. The van der Waals surface area contributed by atoms with Crippen LogP contribution in [0.2, 0.25) is 0 Å². The van der Waals surface area contributed by atoms with Crippen molar-refractivity contribution in [1.29, 1.82) is 0 Å². The Labute approximate surface area is 148 Å². The van der Waals surface area contributed by atoms with Crippen molar-refractivity contribution in [2.75, 3.05) is 6.54 Å². The van der Waals surface area contributed by atoms with Gasteiger partial charge >= 0.3 is 0 Å². The Hall–Kier alpha value is -2.02. The molecule has 0 aliphatic heterocycles. The van der Waals surface area contributed by atoms with E-state index in [0.29, 0.717) is 18.5 Å². The fourth-order valence-electron chi connectivity index (χ4n) is 3.23. The molecule has 3 N–H and O–H groups in total. The normalized spacial score (nSPS) is 15.9. The Morgan fingerprint density at radius 3 is 2.76 bits per heavy atom. The molecule has 1 aliphatic carbocycles. The van der Waals surface area contributed by atoms with E-state index >= 15 is 0 Å². The molecule has 1 aliphatic rings. The summed E-state index contributed by atoms with van der Waals surface area (Å²) in [4.78, 5) is 41.1. The molecular formula is C18H28N4O3. The number of Topliss-reactive ketones (excluding diaryl/α,β-unsaturated/α-hetero) is 1. The van der Waals surface area contributed by atoms with Crippen LogP contribution in [0.1, 0.15) is 50.5 Å². The molecule has 1 aromatic rings. The first-order chi connectivity index (χ1) is 12.0. The van der Waals surface area contributed by atoms with Gasteiger partial charge in [0, 0.05) is 17.7 Å². The number of hydrogen-bond donors (Lipinski definition) is 2. The number of carbonyl (C=O) groups is 2. The highest BCUT2D eigenvalue weighted by atomic mass is 16.2. The van der Waals surface area contributed by atoms with Crippen molar-refractivity contribution in [1.82, 2.24) is 14.9 Å². The smallest absolute Gasteiger partial charge is 0.256 e. The van der Waals surface area contributed by atoms with Gasteiger partial charge in [0.1, 0.15) is 0 Å². The van der Waals surface area contributed by atoms with E-state index in [4.69, 9.17) is 5.73 Å². The summed E-state index contributed by atoms with van der Waals surface area (Å²) in [5, 5.41) is 2.91. The predicted octanol–water partition coefficient (Wildman–Crippen LogP) is 0.925. The molecule has 25 heavy (non-hydrogen) atoms. The van der Waals surface area contributed by atoms with E-state index < -0.39 is 6.04 Å². The zero-order valence-corrected chi connectivity index (χ0v) is 14.9. The molecule has 0 spiro atoms. The standard InChI is InChI=1S/C18H28N4O3/c1-13-10-20-12-22(18(13)25)11-16(23)15(8-4-5-9-19)21-17(24)14-6-2-3-7-14/h10,12,14-15H,2-9,11,19H2,1H3,(H,21,24). The van der Waals surface area contributed by atoms with Crippen molar-refractivity contribution in [3.8, 4) is 0 Å². The number of aryl methyl sites for hydroxylation is 1. The minimum absolute atomic E-state index is 0.00756. The lowest BCUT2D eigenvalue weighted by molar-refractivity contribution is -0.130. The Morgan fingerprint density at radius 1 is 1.36 bits per heavy atom. The number of amides is 1. The van der Waals surface area contributed by atoms with Gasteiger partial charge in [0.05, 0.1) is 18.9 Å². The lowest BCUT2D eigenvalue weighted by atomic mass is 10.0. The highest BCUT2D eigenvalue weighted by Crippen LogP contribution is 2.25. The third-order valence-electron chi connectivity index (χ3n) is 4.78. The molecule has 1 saturated carbocycles. The fraction of sp³-hybridized carbons (Fsp3) is 0.667. The third kappa shape index (κ3) is 5.49. The van der Waals surface area contributed by atoms with E-state index in [-0.39, 0.29) is 29.7 Å². The van der Waals surface area contributed by atoms with E-state index in [1.807, 2.05) is 0 Å². The molecule has 0 aromatic carbocycles. The molecule has 138 valence electrons. The summed E-state index contributed by atoms with van der Waals surface area (Å²) in [7, 11) is 0. The average molecular weight is 348 g/mol. The number of nitrogens with one attached hydrogen (secondary N) is 1. The number of ketones is 1. The summed E-state index contributed by atoms with van der Waals surface area (Å²) in [6.07, 6.45) is 8.85. The van der Waals surface area contributed by atoms with Crippen LogP contribution in [-0.2, 0) is 16.1 Å². The minimum Gasteiger partial charge on any atom is -0.346 e. The number of nitrogens with zero attached hydrogens (tertiary/aromatic N) is 2. The average Bonchev–Trinajstić information content (AvgIpc) is 3.13. The molecular weight excluding hydrogens is 320 g/mol. The molecule has 0 saturated heterocycles. The van der Waals surface area contributed by atoms with Crippen molar-refractivity contribution in [3.63, 3.8) is 0 Å². The van der Waals surface area contributed by atoms with Crippen molar-refractivity contribution in [2.24, 2.45) is 11.7 Å². The molecule has 1 atom stereocenters. The monoisotopic (exact) mass is 348 g/mol. The van der Waals surface area contributed by atoms with Gasteiger partial charge < -0.3 is 11.1 Å². The van der Waals surface area contributed by atoms with Gasteiger partial charge in [0.2, 0.25) is 5.91 Å². The van der Waals surface area contributed by atoms with Crippen LogP contribution in [0.5, 0.6) is 0 Å². The Kier molecular flexibility index (Phi) is 7.31. The summed E-state index contributed by atoms with van der Waals surface area (Å²) in [6, 6.07) is -0.577. The molecule has 1 amide bonds. The van der Waals surface area contributed by atoms with Gasteiger partial charge in [-0.2, -0.15) is 0 Å². The van der Waals surface area contributed by atoms with Gasteiger partial charge in [0.15, 0.2) is 5.78 Å². The van der Waals surface area contributed by atoms with Gasteiger partial charge in [-0.25, -0.2) is 4.98 Å². The van der Waals surface area contributed by atoms with Crippen molar-refractivity contribution in [2.45, 2.75) is 64.5 Å². The van der Waals surface area contributed by atoms with Crippen LogP contribution < -0.4 is 16.6 Å². The van der Waals surface area contributed by atoms with Crippen molar-refractivity contribution < 1.29 is 9.59 Å². The number of carbonyl (C=O) groups excluding carboxylic acids is 2. The van der Waals surface area contributed by atoms with Gasteiger partial charge in [0.25, 0.3) is 5.56 Å². The molecule has 0 radical (unpaired) electrons. The topological polar surface area (TPSA) is 107 Å². The number of unbranched alkanes of at least 4 members (excludes halogenated alkanes) is 1. The first kappa shape index (κ1) is 19.3. The van der Waals surface area contributed by atoms with Crippen LogP contribution in [0.15, 0.2) is 17.3 Å². The van der Waals surface area contributed by atoms with Crippen LogP contribution in [0.25, 0.3) is 0 Å². The molecule has 7 heteroatoms. The maximum atomic E-state index is 12.7. The number of nitrogens with two attached hydrogens (primary N) is 1. The van der Waals surface area contributed by atoms with E-state index in [1.54, 1.807) is 6.92 Å². The second-order valence-corrected chi connectivity index (χ2v) is 6.80. The number of rotatable bonds is 9. The van der Waals surface area contributed by atoms with Gasteiger partial charge in [-0.15, -0.1) is 0 Å². The van der Waals surface area contributed by atoms with Crippen LogP contribution in [0.3, 0.4) is 0 Å². The second kappa shape index (κ2) is 9.46. The summed E-state index contributed by atoms with van der Waals surface area (Å²) in [6.45, 7) is 2.14. The molecule has 1 fully saturated rings. The minimum atomic E-state index is -0.577. The Morgan fingerprint density at radius 2 is 2.08 bits per heavy atom. The first-order valence-corrected chi connectivity index (χ1v) is 9.07. The van der Waals surface area contributed by atoms with Crippen LogP contribution in [-0.4, -0.2) is 33.8 Å². The second-order valence-electron chi connectivity index (χ2n) is 6.80. The molecule has 7 nitrogen and oxygen atoms in total. The van der Waals surface area contributed by atoms with E-state index in [0.717, 1.165) is 38.5 Å². The van der Waals surface area contributed by atoms with Crippen LogP contribution >= 0.6 is 0 Å². The molecule has 2 rings (SSSR count). The highest BCUT2D eigenvalue weighted by Gasteiger charge is 2.27. The van der Waals surface area contributed by atoms with Crippen LogP contribution in [0, 0.1) is 12.8 Å². The summed E-state index contributed by atoms with van der Waals surface area (Å²) >= 11 is 0. The number of aromatic nitrogens is 2. The first-order valence-electron chi connectivity index (χ1n) is 9.07. The van der Waals surface area contributed by atoms with E-state index in [1.165, 1.54) is 17.1 Å². The summed E-state index contributed by atoms with van der Waals surface area (Å²) < 4.78 is 1.30. The zero-order valence-electron chi connectivity index (χ0n) is 14.9. The summed E-state index contributed by atoms with van der Waals surface area (Å²) in [5.41, 5.74) is 5.79. The van der Waals surface area contributed by atoms with Crippen molar-refractivity contribution in [3.05, 3.63) is 28.4 Å². The Balaban J connectivity index is 2.04. The maximum Gasteiger partial charge on any atom is 0.256 e. The third-order valence-corrected chi connectivity index (χ3v) is 4.78. The largest absolute Gasteiger partial charge is 0.346 e. The molecule has 1 aromatic heterocycles. The Bertz CT molecular complexity index is 650. The van der Waals surface area contributed by atoms with Crippen molar-refractivity contribution >= 4 is 11.7 Å². The highest BCUT2D eigenvalue weighted by molar-refractivity contribution is 5.89. The molecule has 0 bridgehead atoms. The quantitative estimate of drug-likeness (QED) is 0.646. The lowest BCUT2D eigenvalue weighted by Crippen LogP contribution is -2.45. The SMILES string of the molecule is Cc1cncn(CC(=O)C(CCCCN)NC(=O)C2CCCC2)c1=O. The summed E-state index contributed by atoms with van der Waals surface area (Å²) in [5.74, 6) is -0.204.